The average Bonchev–Trinajstić information content (AvgIpc) is 2.95. The summed E-state index contributed by atoms with van der Waals surface area (Å²) in [7, 11) is 0. The van der Waals surface area contributed by atoms with E-state index in [1.807, 2.05) is 24.3 Å². The van der Waals surface area contributed by atoms with E-state index < -0.39 is 0 Å². The van der Waals surface area contributed by atoms with Crippen LogP contribution >= 0.6 is 0 Å². The van der Waals surface area contributed by atoms with E-state index in [2.05, 4.69) is 10.3 Å². The van der Waals surface area contributed by atoms with Crippen LogP contribution in [0.4, 0.5) is 5.69 Å². The number of benzene rings is 1. The average molecular weight is 311 g/mol. The standard InChI is InChI=1S/C18H21N3O2/c19-17-3-1-2-13(17)12-18(22)21-14-4-6-15(7-5-14)23-16-8-10-20-11-9-16/h4-11,13,17H,1-3,12,19H2,(H,21,22)/t13-,17+/m0/s1. The molecule has 0 unspecified atom stereocenters. The molecule has 0 spiro atoms. The molecule has 1 saturated carbocycles. The molecule has 2 atom stereocenters. The molecule has 5 heteroatoms. The number of nitrogens with zero attached hydrogens (tertiary/aromatic N) is 1. The second-order valence-corrected chi connectivity index (χ2v) is 5.92. The van der Waals surface area contributed by atoms with Gasteiger partial charge in [0.1, 0.15) is 11.5 Å². The summed E-state index contributed by atoms with van der Waals surface area (Å²) < 4.78 is 5.69. The number of pyridine rings is 1. The Morgan fingerprint density at radius 3 is 2.48 bits per heavy atom. The van der Waals surface area contributed by atoms with E-state index in [4.69, 9.17) is 10.5 Å². The van der Waals surface area contributed by atoms with Gasteiger partial charge in [0.15, 0.2) is 0 Å². The highest BCUT2D eigenvalue weighted by atomic mass is 16.5. The first-order valence-corrected chi connectivity index (χ1v) is 7.94. The zero-order valence-electron chi connectivity index (χ0n) is 12.9. The van der Waals surface area contributed by atoms with Crippen molar-refractivity contribution in [1.82, 2.24) is 4.98 Å². The van der Waals surface area contributed by atoms with E-state index in [0.29, 0.717) is 18.1 Å². The molecule has 1 amide bonds. The topological polar surface area (TPSA) is 77.2 Å². The fourth-order valence-corrected chi connectivity index (χ4v) is 2.92. The highest BCUT2D eigenvalue weighted by Gasteiger charge is 2.25. The van der Waals surface area contributed by atoms with Crippen LogP contribution in [0.5, 0.6) is 11.5 Å². The molecule has 0 bridgehead atoms. The quantitative estimate of drug-likeness (QED) is 0.888. The Morgan fingerprint density at radius 2 is 1.83 bits per heavy atom. The van der Waals surface area contributed by atoms with Gasteiger partial charge in [0.25, 0.3) is 0 Å². The molecule has 23 heavy (non-hydrogen) atoms. The van der Waals surface area contributed by atoms with Crippen LogP contribution in [0.15, 0.2) is 48.8 Å². The van der Waals surface area contributed by atoms with Crippen LogP contribution in [0.2, 0.25) is 0 Å². The molecule has 1 aromatic heterocycles. The summed E-state index contributed by atoms with van der Waals surface area (Å²) in [4.78, 5) is 16.0. The minimum absolute atomic E-state index is 0.0233. The number of rotatable bonds is 5. The summed E-state index contributed by atoms with van der Waals surface area (Å²) >= 11 is 0. The molecular weight excluding hydrogens is 290 g/mol. The Morgan fingerprint density at radius 1 is 1.13 bits per heavy atom. The van der Waals surface area contributed by atoms with E-state index in [9.17, 15) is 4.79 Å². The highest BCUT2D eigenvalue weighted by molar-refractivity contribution is 5.90. The number of ether oxygens (including phenoxy) is 1. The van der Waals surface area contributed by atoms with Crippen LogP contribution in [0.1, 0.15) is 25.7 Å². The molecule has 1 aliphatic rings. The first kappa shape index (κ1) is 15.5. The lowest BCUT2D eigenvalue weighted by Crippen LogP contribution is -2.28. The molecule has 1 aromatic carbocycles. The number of aromatic nitrogens is 1. The monoisotopic (exact) mass is 311 g/mol. The van der Waals surface area contributed by atoms with Crippen LogP contribution < -0.4 is 15.8 Å². The van der Waals surface area contributed by atoms with Crippen LogP contribution in [0.25, 0.3) is 0 Å². The molecule has 0 saturated heterocycles. The third-order valence-electron chi connectivity index (χ3n) is 4.19. The van der Waals surface area contributed by atoms with E-state index in [-0.39, 0.29) is 11.9 Å². The van der Waals surface area contributed by atoms with Crippen molar-refractivity contribution < 1.29 is 9.53 Å². The van der Waals surface area contributed by atoms with Gasteiger partial charge in [-0.2, -0.15) is 0 Å². The van der Waals surface area contributed by atoms with Gasteiger partial charge < -0.3 is 15.8 Å². The van der Waals surface area contributed by atoms with E-state index in [0.717, 1.165) is 30.7 Å². The van der Waals surface area contributed by atoms with Gasteiger partial charge in [-0.1, -0.05) is 6.42 Å². The largest absolute Gasteiger partial charge is 0.457 e. The molecule has 0 aliphatic heterocycles. The molecule has 1 fully saturated rings. The number of hydrogen-bond acceptors (Lipinski definition) is 4. The van der Waals surface area contributed by atoms with Gasteiger partial charge >= 0.3 is 0 Å². The van der Waals surface area contributed by atoms with Crippen molar-refractivity contribution in [2.75, 3.05) is 5.32 Å². The van der Waals surface area contributed by atoms with Crippen LogP contribution in [-0.2, 0) is 4.79 Å². The van der Waals surface area contributed by atoms with E-state index >= 15 is 0 Å². The predicted octanol–water partition coefficient (Wildman–Crippen LogP) is 3.33. The number of hydrogen-bond donors (Lipinski definition) is 2. The number of nitrogens with two attached hydrogens (primary N) is 1. The van der Waals surface area contributed by atoms with Crippen molar-refractivity contribution in [3.8, 4) is 11.5 Å². The van der Waals surface area contributed by atoms with Gasteiger partial charge in [-0.25, -0.2) is 0 Å². The maximum Gasteiger partial charge on any atom is 0.224 e. The Labute approximate surface area is 135 Å². The highest BCUT2D eigenvalue weighted by Crippen LogP contribution is 2.27. The zero-order chi connectivity index (χ0) is 16.1. The summed E-state index contributed by atoms with van der Waals surface area (Å²) in [6.07, 6.45) is 7.05. The molecule has 3 rings (SSSR count). The number of carbonyl (C=O) groups excluding carboxylic acids is 1. The summed E-state index contributed by atoms with van der Waals surface area (Å²) in [5.41, 5.74) is 6.78. The summed E-state index contributed by atoms with van der Waals surface area (Å²) in [6, 6.07) is 11.1. The van der Waals surface area contributed by atoms with Gasteiger partial charge in [0.05, 0.1) is 0 Å². The van der Waals surface area contributed by atoms with Crippen molar-refractivity contribution >= 4 is 11.6 Å². The molecule has 1 heterocycles. The maximum atomic E-state index is 12.1. The maximum absolute atomic E-state index is 12.1. The predicted molar refractivity (Wildman–Crippen MR) is 89.3 cm³/mol. The Kier molecular flexibility index (Phi) is 4.88. The SMILES string of the molecule is N[C@@H]1CCC[C@H]1CC(=O)Nc1ccc(Oc2ccncc2)cc1. The zero-order valence-corrected chi connectivity index (χ0v) is 12.9. The third kappa shape index (κ3) is 4.29. The molecule has 3 N–H and O–H groups in total. The van der Waals surface area contributed by atoms with Crippen molar-refractivity contribution in [3.05, 3.63) is 48.8 Å². The normalized spacial score (nSPS) is 20.2. The fourth-order valence-electron chi connectivity index (χ4n) is 2.92. The lowest BCUT2D eigenvalue weighted by molar-refractivity contribution is -0.117. The fraction of sp³-hybridized carbons (Fsp3) is 0.333. The summed E-state index contributed by atoms with van der Waals surface area (Å²) in [5.74, 6) is 1.78. The van der Waals surface area contributed by atoms with Crippen molar-refractivity contribution in [2.24, 2.45) is 11.7 Å². The second kappa shape index (κ2) is 7.24. The Bertz CT molecular complexity index is 643. The van der Waals surface area contributed by atoms with Gasteiger partial charge in [-0.05, 0) is 55.2 Å². The van der Waals surface area contributed by atoms with Gasteiger partial charge in [0, 0.05) is 30.5 Å². The summed E-state index contributed by atoms with van der Waals surface area (Å²) in [5, 5.41) is 2.92. The van der Waals surface area contributed by atoms with Crippen LogP contribution in [-0.4, -0.2) is 16.9 Å². The first-order chi connectivity index (χ1) is 11.2. The van der Waals surface area contributed by atoms with Crippen molar-refractivity contribution in [3.63, 3.8) is 0 Å². The third-order valence-corrected chi connectivity index (χ3v) is 4.19. The number of carbonyl (C=O) groups is 1. The molecule has 5 nitrogen and oxygen atoms in total. The number of amides is 1. The molecule has 2 aromatic rings. The van der Waals surface area contributed by atoms with Crippen LogP contribution in [0.3, 0.4) is 0 Å². The van der Waals surface area contributed by atoms with E-state index in [1.165, 1.54) is 0 Å². The van der Waals surface area contributed by atoms with Crippen molar-refractivity contribution in [1.29, 1.82) is 0 Å². The number of anilines is 1. The number of nitrogens with one attached hydrogen (secondary N) is 1. The smallest absolute Gasteiger partial charge is 0.224 e. The van der Waals surface area contributed by atoms with Gasteiger partial charge in [-0.15, -0.1) is 0 Å². The van der Waals surface area contributed by atoms with Gasteiger partial charge in [-0.3, -0.25) is 9.78 Å². The minimum Gasteiger partial charge on any atom is -0.457 e. The van der Waals surface area contributed by atoms with Crippen LogP contribution in [0, 0.1) is 5.92 Å². The lowest BCUT2D eigenvalue weighted by atomic mass is 10.00. The van der Waals surface area contributed by atoms with Gasteiger partial charge in [0.2, 0.25) is 5.91 Å². The molecular formula is C18H21N3O2. The Hall–Kier alpha value is -2.40. The summed E-state index contributed by atoms with van der Waals surface area (Å²) in [6.45, 7) is 0. The van der Waals surface area contributed by atoms with Crippen molar-refractivity contribution in [2.45, 2.75) is 31.7 Å². The lowest BCUT2D eigenvalue weighted by Gasteiger charge is -2.15. The molecule has 120 valence electrons. The molecule has 0 radical (unpaired) electrons. The molecule has 1 aliphatic carbocycles. The van der Waals surface area contributed by atoms with E-state index in [1.54, 1.807) is 24.5 Å². The first-order valence-electron chi connectivity index (χ1n) is 7.94. The second-order valence-electron chi connectivity index (χ2n) is 5.92. The minimum atomic E-state index is 0.0233. The Balaban J connectivity index is 1.54.